The molecule has 0 bridgehead atoms. The summed E-state index contributed by atoms with van der Waals surface area (Å²) in [6.45, 7) is 12.4. The van der Waals surface area contributed by atoms with Crippen LogP contribution in [0.1, 0.15) is 70.2 Å². The van der Waals surface area contributed by atoms with Crippen LogP contribution in [-0.2, 0) is 78.3 Å². The van der Waals surface area contributed by atoms with Gasteiger partial charge in [0.15, 0.2) is 0 Å². The van der Waals surface area contributed by atoms with Crippen LogP contribution in [0.5, 0.6) is 0 Å². The van der Waals surface area contributed by atoms with E-state index >= 15 is 0 Å². The number of aryl methyl sites for hydroxylation is 3. The van der Waals surface area contributed by atoms with E-state index in [1.165, 1.54) is 47.6 Å². The van der Waals surface area contributed by atoms with Crippen LogP contribution in [0.4, 0.5) is 0 Å². The molecule has 0 saturated heterocycles. The van der Waals surface area contributed by atoms with Gasteiger partial charge in [0.05, 0.1) is 0 Å². The maximum atomic E-state index is 2.28. The summed E-state index contributed by atoms with van der Waals surface area (Å²) in [4.78, 5) is 0. The summed E-state index contributed by atoms with van der Waals surface area (Å²) >= 11 is 0. The Hall–Kier alpha value is 0.128. The summed E-state index contributed by atoms with van der Waals surface area (Å²) in [5.41, 5.74) is 6.06. The molecule has 31 heavy (non-hydrogen) atoms. The van der Waals surface area contributed by atoms with Crippen molar-refractivity contribution in [1.29, 1.82) is 0 Å². The van der Waals surface area contributed by atoms with Crippen LogP contribution >= 0.6 is 0 Å². The largest absolute Gasteiger partial charge is 0.358 e. The molecule has 3 aromatic carbocycles. The molecule has 0 atom stereocenters. The molecule has 3 aromatic rings. The van der Waals surface area contributed by atoms with Crippen molar-refractivity contribution in [3.8, 4) is 0 Å². The van der Waals surface area contributed by atoms with Gasteiger partial charge >= 0.3 is 0 Å². The van der Waals surface area contributed by atoms with Crippen molar-refractivity contribution in [2.45, 2.75) is 74.7 Å². The molecule has 0 N–H and O–H groups in total. The van der Waals surface area contributed by atoms with E-state index < -0.39 is 0 Å². The molecule has 0 fully saturated rings. The second kappa shape index (κ2) is 24.8. The van der Waals surface area contributed by atoms with Gasteiger partial charge in [0.1, 0.15) is 0 Å². The third kappa shape index (κ3) is 13.4. The van der Waals surface area contributed by atoms with E-state index in [2.05, 4.69) is 74.5 Å². The number of rotatable bonds is 0. The van der Waals surface area contributed by atoms with E-state index in [9.17, 15) is 0 Å². The van der Waals surface area contributed by atoms with Crippen LogP contribution in [0.15, 0.2) is 60.7 Å². The first-order valence-electron chi connectivity index (χ1n) is 10.3. The Morgan fingerprint density at radius 3 is 1.65 bits per heavy atom. The van der Waals surface area contributed by atoms with Crippen LogP contribution in [-0.4, -0.2) is 0 Å². The monoisotopic (exact) mass is 572 g/mol. The van der Waals surface area contributed by atoms with E-state index in [-0.39, 0.29) is 87.7 Å². The molecule has 170 valence electrons. The van der Waals surface area contributed by atoms with Crippen molar-refractivity contribution < 1.29 is 65.4 Å². The van der Waals surface area contributed by atoms with Gasteiger partial charge in [-0.05, 0) is 72.6 Å². The van der Waals surface area contributed by atoms with Gasteiger partial charge in [-0.2, -0.15) is 0 Å². The van der Waals surface area contributed by atoms with Crippen LogP contribution in [0.2, 0.25) is 0 Å². The first kappa shape index (κ1) is 41.4. The molecule has 0 unspecified atom stereocenters. The summed E-state index contributed by atoms with van der Waals surface area (Å²) in [7, 11) is 0. The van der Waals surface area contributed by atoms with E-state index in [0.29, 0.717) is 0 Å². The summed E-state index contributed by atoms with van der Waals surface area (Å²) in [5.74, 6) is 0. The van der Waals surface area contributed by atoms with Crippen molar-refractivity contribution >= 4 is 10.8 Å². The van der Waals surface area contributed by atoms with E-state index in [0.717, 1.165) is 0 Å². The summed E-state index contributed by atoms with van der Waals surface area (Å²) in [5, 5.41) is 2.68. The number of hydrogen-bond acceptors (Lipinski definition) is 0. The van der Waals surface area contributed by atoms with E-state index in [1.54, 1.807) is 11.1 Å². The summed E-state index contributed by atoms with van der Waals surface area (Å²) in [6, 6.07) is 21.5. The summed E-state index contributed by atoms with van der Waals surface area (Å²) in [6.07, 6.45) is 5.38. The van der Waals surface area contributed by atoms with Crippen molar-refractivity contribution in [3.05, 3.63) is 97.8 Å². The molecule has 2 heteroatoms. The Morgan fingerprint density at radius 2 is 1.06 bits per heavy atom. The maximum Gasteiger partial charge on any atom is 0 e. The number of benzene rings is 3. The Kier molecular flexibility index (Phi) is 33.1. The fourth-order valence-electron chi connectivity index (χ4n) is 3.36. The minimum atomic E-state index is 0. The third-order valence-corrected chi connectivity index (χ3v) is 4.64. The van der Waals surface area contributed by atoms with Crippen molar-refractivity contribution in [2.24, 2.45) is 0 Å². The van der Waals surface area contributed by atoms with Gasteiger partial charge in [-0.15, -0.1) is 0 Å². The fraction of sp³-hybridized carbons (Fsp3) is 0.379. The maximum absolute atomic E-state index is 2.28. The molecule has 4 rings (SSSR count). The Bertz CT molecular complexity index is 773. The molecule has 0 saturated carbocycles. The van der Waals surface area contributed by atoms with Gasteiger partial charge in [-0.3, -0.25) is 0 Å². The van der Waals surface area contributed by atoms with Gasteiger partial charge in [0.2, 0.25) is 0 Å². The minimum absolute atomic E-state index is 0. The van der Waals surface area contributed by atoms with Crippen LogP contribution in [0.3, 0.4) is 0 Å². The summed E-state index contributed by atoms with van der Waals surface area (Å²) < 4.78 is 0. The van der Waals surface area contributed by atoms with Gasteiger partial charge in [-0.1, -0.05) is 95.8 Å². The van der Waals surface area contributed by atoms with Gasteiger partial charge in [-0.25, -0.2) is 0 Å². The smallest absolute Gasteiger partial charge is 0 e. The predicted molar refractivity (Wildman–Crippen MR) is 139 cm³/mol. The molecule has 0 heterocycles. The molecule has 0 spiro atoms. The molecule has 1 aliphatic rings. The van der Waals surface area contributed by atoms with Crippen molar-refractivity contribution in [1.82, 2.24) is 0 Å². The molecule has 2 radical (unpaired) electrons. The zero-order chi connectivity index (χ0) is 19.4. The SMILES string of the molecule is C.CC.CC.Cc1cccc2c1CCCC2.Cc1cccc2ccccc12.[CH3-].[CH3-].[Y].[Y]. The minimum Gasteiger partial charge on any atom is -0.358 e. The Labute approximate surface area is 246 Å². The normalized spacial score (nSPS) is 9.74. The number of hydrogen-bond donors (Lipinski definition) is 0. The first-order chi connectivity index (χ1) is 12.8. The van der Waals surface area contributed by atoms with Gasteiger partial charge < -0.3 is 14.9 Å². The molecular weight excluding hydrogens is 526 g/mol. The topological polar surface area (TPSA) is 0 Å². The quantitative estimate of drug-likeness (QED) is 0.235. The second-order valence-corrected chi connectivity index (χ2v) is 6.22. The second-order valence-electron chi connectivity index (χ2n) is 6.22. The van der Waals surface area contributed by atoms with Crippen LogP contribution < -0.4 is 0 Å². The van der Waals surface area contributed by atoms with Crippen molar-refractivity contribution in [3.63, 3.8) is 0 Å². The van der Waals surface area contributed by atoms with Crippen molar-refractivity contribution in [2.75, 3.05) is 0 Å². The Morgan fingerprint density at radius 1 is 0.581 bits per heavy atom. The van der Waals surface area contributed by atoms with Crippen LogP contribution in [0.25, 0.3) is 10.8 Å². The fourth-order valence-corrected chi connectivity index (χ4v) is 3.36. The third-order valence-electron chi connectivity index (χ3n) is 4.64. The predicted octanol–water partition coefficient (Wildman–Crippen LogP) is 9.61. The molecule has 1 aliphatic carbocycles. The average molecular weight is 572 g/mol. The Balaban J connectivity index is -0.000000110. The first-order valence-corrected chi connectivity index (χ1v) is 10.3. The van der Waals surface area contributed by atoms with Gasteiger partial charge in [0, 0.05) is 65.4 Å². The molecular formula is C29H46Y2-2. The molecule has 0 aromatic heterocycles. The van der Waals surface area contributed by atoms with Gasteiger partial charge in [0.25, 0.3) is 0 Å². The molecule has 0 nitrogen and oxygen atoms in total. The zero-order valence-corrected chi connectivity index (χ0v) is 26.4. The van der Waals surface area contributed by atoms with E-state index in [1.807, 2.05) is 27.7 Å². The molecule has 0 aliphatic heterocycles. The number of fused-ring (bicyclic) bond motifs is 2. The van der Waals surface area contributed by atoms with Crippen LogP contribution in [0, 0.1) is 28.7 Å². The zero-order valence-electron chi connectivity index (χ0n) is 20.8. The standard InChI is InChI=1S/C11H14.C11H10.2C2H6.CH4.2CH3.2Y/c2*1-9-5-4-7-10-6-2-3-8-11(9)10;2*1-2;;;;;/h4-5,7H,2-3,6,8H2,1H3;2-8H,1H3;2*1-2H3;1H4;2*1H3;;/q;;;;;2*-1;;. The molecule has 0 amide bonds. The average Bonchev–Trinajstić information content (AvgIpc) is 2.72. The van der Waals surface area contributed by atoms with E-state index in [4.69, 9.17) is 0 Å².